The molecule has 0 spiro atoms. The van der Waals surface area contributed by atoms with Crippen LogP contribution in [0.3, 0.4) is 0 Å². The van der Waals surface area contributed by atoms with Gasteiger partial charge in [-0.05, 0) is 26.7 Å². The number of nitriles is 1. The fourth-order valence-corrected chi connectivity index (χ4v) is 2.75. The van der Waals surface area contributed by atoms with E-state index in [0.29, 0.717) is 6.42 Å². The molecule has 18 heavy (non-hydrogen) atoms. The van der Waals surface area contributed by atoms with Gasteiger partial charge in [0.1, 0.15) is 6.04 Å². The van der Waals surface area contributed by atoms with Crippen molar-refractivity contribution in [3.05, 3.63) is 0 Å². The van der Waals surface area contributed by atoms with Crippen molar-refractivity contribution in [3.63, 3.8) is 0 Å². The van der Waals surface area contributed by atoms with Crippen LogP contribution in [0, 0.1) is 11.3 Å². The van der Waals surface area contributed by atoms with Crippen LogP contribution in [0.15, 0.2) is 0 Å². The molecule has 2 aliphatic heterocycles. The van der Waals surface area contributed by atoms with Gasteiger partial charge in [-0.25, -0.2) is 8.78 Å². The highest BCUT2D eigenvalue weighted by Gasteiger charge is 2.54. The molecule has 2 aliphatic rings. The van der Waals surface area contributed by atoms with Gasteiger partial charge in [0.15, 0.2) is 0 Å². The summed E-state index contributed by atoms with van der Waals surface area (Å²) in [5.74, 6) is -3.34. The quantitative estimate of drug-likeness (QED) is 0.769. The third-order valence-electron chi connectivity index (χ3n) is 3.91. The van der Waals surface area contributed by atoms with Crippen molar-refractivity contribution in [1.82, 2.24) is 10.2 Å². The second kappa shape index (κ2) is 4.47. The first-order valence-corrected chi connectivity index (χ1v) is 6.22. The fourth-order valence-electron chi connectivity index (χ4n) is 2.75. The van der Waals surface area contributed by atoms with E-state index in [1.807, 2.05) is 13.0 Å². The van der Waals surface area contributed by atoms with E-state index in [0.717, 1.165) is 11.3 Å². The molecule has 0 unspecified atom stereocenters. The highest BCUT2D eigenvalue weighted by atomic mass is 19.3. The number of carbonyl (C=O) groups is 1. The van der Waals surface area contributed by atoms with Crippen molar-refractivity contribution >= 4 is 5.91 Å². The van der Waals surface area contributed by atoms with Gasteiger partial charge in [-0.15, -0.1) is 0 Å². The van der Waals surface area contributed by atoms with E-state index in [2.05, 4.69) is 5.32 Å². The van der Waals surface area contributed by atoms with Gasteiger partial charge in [0.25, 0.3) is 5.92 Å². The number of hydrogen-bond donors (Lipinski definition) is 1. The molecule has 4 nitrogen and oxygen atoms in total. The van der Waals surface area contributed by atoms with Gasteiger partial charge in [0, 0.05) is 12.5 Å². The molecule has 4 atom stereocenters. The Labute approximate surface area is 105 Å². The maximum atomic E-state index is 13.6. The molecular weight excluding hydrogens is 240 g/mol. The number of likely N-dealkylation sites (tertiary alicyclic amines) is 1. The molecule has 0 radical (unpaired) electrons. The summed E-state index contributed by atoms with van der Waals surface area (Å²) in [6.07, 6.45) is 0.942. The van der Waals surface area contributed by atoms with Gasteiger partial charge in [-0.2, -0.15) is 5.26 Å². The zero-order valence-corrected chi connectivity index (χ0v) is 10.5. The van der Waals surface area contributed by atoms with Crippen molar-refractivity contribution in [2.75, 3.05) is 0 Å². The average Bonchev–Trinajstić information content (AvgIpc) is 2.82. The number of rotatable bonds is 1. The van der Waals surface area contributed by atoms with Crippen LogP contribution < -0.4 is 5.32 Å². The van der Waals surface area contributed by atoms with Crippen LogP contribution >= 0.6 is 0 Å². The highest BCUT2D eigenvalue weighted by molar-refractivity contribution is 5.83. The van der Waals surface area contributed by atoms with Crippen LogP contribution in [0.1, 0.15) is 33.1 Å². The highest BCUT2D eigenvalue weighted by Crippen LogP contribution is 2.38. The van der Waals surface area contributed by atoms with Crippen LogP contribution in [0.5, 0.6) is 0 Å². The first kappa shape index (κ1) is 13.2. The normalized spacial score (nSPS) is 38.7. The summed E-state index contributed by atoms with van der Waals surface area (Å²) >= 11 is 0. The molecule has 2 saturated heterocycles. The molecule has 1 N–H and O–H groups in total. The van der Waals surface area contributed by atoms with Gasteiger partial charge < -0.3 is 10.2 Å². The van der Waals surface area contributed by atoms with E-state index in [4.69, 9.17) is 5.26 Å². The largest absolute Gasteiger partial charge is 0.316 e. The molecule has 0 aromatic heterocycles. The molecule has 1 amide bonds. The van der Waals surface area contributed by atoms with E-state index in [1.54, 1.807) is 0 Å². The lowest BCUT2D eigenvalue weighted by Gasteiger charge is -2.28. The Hall–Kier alpha value is -1.22. The molecule has 0 saturated carbocycles. The predicted molar refractivity (Wildman–Crippen MR) is 60.9 cm³/mol. The average molecular weight is 257 g/mol. The van der Waals surface area contributed by atoms with Gasteiger partial charge in [0.2, 0.25) is 5.91 Å². The maximum absolute atomic E-state index is 13.6. The lowest BCUT2D eigenvalue weighted by atomic mass is 10.1. The van der Waals surface area contributed by atoms with Gasteiger partial charge in [0.05, 0.1) is 18.2 Å². The molecule has 0 aliphatic carbocycles. The molecule has 6 heteroatoms. The third-order valence-corrected chi connectivity index (χ3v) is 3.91. The second-order valence-electron chi connectivity index (χ2n) is 5.23. The molecule has 0 aromatic rings. The summed E-state index contributed by atoms with van der Waals surface area (Å²) in [4.78, 5) is 13.3. The van der Waals surface area contributed by atoms with Gasteiger partial charge in [-0.1, -0.05) is 0 Å². The summed E-state index contributed by atoms with van der Waals surface area (Å²) in [7, 11) is 0. The van der Waals surface area contributed by atoms with Crippen LogP contribution in [0.2, 0.25) is 0 Å². The Kier molecular flexibility index (Phi) is 3.28. The number of alkyl halides is 2. The zero-order chi connectivity index (χ0) is 13.5. The second-order valence-corrected chi connectivity index (χ2v) is 5.23. The number of carbonyl (C=O) groups excluding carboxylic acids is 1. The predicted octanol–water partition coefficient (Wildman–Crippen LogP) is 1.28. The molecule has 0 aromatic carbocycles. The third kappa shape index (κ3) is 2.07. The van der Waals surface area contributed by atoms with E-state index < -0.39 is 30.5 Å². The number of hydrogen-bond acceptors (Lipinski definition) is 3. The summed E-state index contributed by atoms with van der Waals surface area (Å²) < 4.78 is 27.2. The standard InChI is InChI=1S/C12H17F2N3O/c1-7-3-4-10(16-7)11(18)17-8(2)12(13,14)5-9(17)6-15/h7-10,16H,3-5H2,1-2H3/t7-,8-,9-,10+/m0/s1. The first-order valence-electron chi connectivity index (χ1n) is 6.22. The monoisotopic (exact) mass is 257 g/mol. The molecule has 2 fully saturated rings. The van der Waals surface area contributed by atoms with Crippen LogP contribution in [0.4, 0.5) is 8.78 Å². The number of nitrogens with zero attached hydrogens (tertiary/aromatic N) is 2. The minimum Gasteiger partial charge on any atom is -0.316 e. The van der Waals surface area contributed by atoms with Gasteiger partial charge in [-0.3, -0.25) is 4.79 Å². The summed E-state index contributed by atoms with van der Waals surface area (Å²) in [6.45, 7) is 3.27. The number of nitrogens with one attached hydrogen (secondary N) is 1. The van der Waals surface area contributed by atoms with Gasteiger partial charge >= 0.3 is 0 Å². The van der Waals surface area contributed by atoms with Crippen molar-refractivity contribution < 1.29 is 13.6 Å². The fraction of sp³-hybridized carbons (Fsp3) is 0.833. The Balaban J connectivity index is 2.16. The Morgan fingerprint density at radius 2 is 2.11 bits per heavy atom. The van der Waals surface area contributed by atoms with Crippen LogP contribution in [-0.4, -0.2) is 40.9 Å². The van der Waals surface area contributed by atoms with E-state index in [-0.39, 0.29) is 11.9 Å². The lowest BCUT2D eigenvalue weighted by molar-refractivity contribution is -0.138. The van der Waals surface area contributed by atoms with Crippen molar-refractivity contribution in [2.45, 2.75) is 63.2 Å². The van der Waals surface area contributed by atoms with Crippen molar-refractivity contribution in [1.29, 1.82) is 5.26 Å². The minimum atomic E-state index is -2.97. The topological polar surface area (TPSA) is 56.1 Å². The molecule has 0 bridgehead atoms. The molecule has 2 heterocycles. The SMILES string of the molecule is C[C@@H]1N(C(=O)[C@H]2CC[C@H](C)N2)[C@H](C#N)CC1(F)F. The maximum Gasteiger partial charge on any atom is 0.270 e. The summed E-state index contributed by atoms with van der Waals surface area (Å²) in [5, 5.41) is 12.0. The first-order chi connectivity index (χ1) is 8.36. The Morgan fingerprint density at radius 3 is 2.61 bits per heavy atom. The number of halogens is 2. The Morgan fingerprint density at radius 1 is 1.44 bits per heavy atom. The Bertz CT molecular complexity index is 393. The molecule has 100 valence electrons. The minimum absolute atomic E-state index is 0.220. The number of amides is 1. The summed E-state index contributed by atoms with van der Waals surface area (Å²) in [5.41, 5.74) is 0. The smallest absolute Gasteiger partial charge is 0.270 e. The zero-order valence-electron chi connectivity index (χ0n) is 10.5. The van der Waals surface area contributed by atoms with Crippen molar-refractivity contribution in [2.24, 2.45) is 0 Å². The van der Waals surface area contributed by atoms with Crippen LogP contribution in [0.25, 0.3) is 0 Å². The molecular formula is C12H17F2N3O. The molecule has 2 rings (SSSR count). The summed E-state index contributed by atoms with van der Waals surface area (Å²) in [6, 6.07) is -0.606. The van der Waals surface area contributed by atoms with Crippen LogP contribution in [-0.2, 0) is 4.79 Å². The van der Waals surface area contributed by atoms with Crippen molar-refractivity contribution in [3.8, 4) is 6.07 Å². The van der Waals surface area contributed by atoms with E-state index >= 15 is 0 Å². The van der Waals surface area contributed by atoms with E-state index in [1.165, 1.54) is 6.92 Å². The van der Waals surface area contributed by atoms with E-state index in [9.17, 15) is 13.6 Å². The lowest BCUT2D eigenvalue weighted by Crippen LogP contribution is -2.50.